The van der Waals surface area contributed by atoms with E-state index in [1.807, 2.05) is 6.07 Å². The standard InChI is InChI=1S/C14H18N4O3S/c15-10-12-6-2-3-7-13(12)22(20,21)16-11-14(19)17-18-8-4-1-5-9-18/h2-3,6-7,16H,1,4-5,8-9,11H2,(H,17,19). The number of amides is 1. The molecule has 1 fully saturated rings. The Balaban J connectivity index is 1.95. The fourth-order valence-electron chi connectivity index (χ4n) is 2.25. The van der Waals surface area contributed by atoms with Gasteiger partial charge in [0.2, 0.25) is 15.9 Å². The Morgan fingerprint density at radius 2 is 1.91 bits per heavy atom. The minimum atomic E-state index is -3.89. The van der Waals surface area contributed by atoms with Crippen LogP contribution in [0.15, 0.2) is 29.2 Å². The average Bonchev–Trinajstić information content (AvgIpc) is 2.54. The zero-order chi connectivity index (χ0) is 16.0. The van der Waals surface area contributed by atoms with E-state index in [9.17, 15) is 13.2 Å². The van der Waals surface area contributed by atoms with Gasteiger partial charge < -0.3 is 0 Å². The van der Waals surface area contributed by atoms with Gasteiger partial charge in [0.05, 0.1) is 17.0 Å². The fraction of sp³-hybridized carbons (Fsp3) is 0.429. The Morgan fingerprint density at radius 1 is 1.23 bits per heavy atom. The molecular formula is C14H18N4O3S. The van der Waals surface area contributed by atoms with E-state index in [2.05, 4.69) is 10.1 Å². The van der Waals surface area contributed by atoms with Crippen LogP contribution in [-0.2, 0) is 14.8 Å². The highest BCUT2D eigenvalue weighted by atomic mass is 32.2. The number of nitriles is 1. The number of hydrazine groups is 1. The zero-order valence-corrected chi connectivity index (χ0v) is 12.9. The van der Waals surface area contributed by atoms with Gasteiger partial charge in [0.1, 0.15) is 6.07 Å². The van der Waals surface area contributed by atoms with Crippen molar-refractivity contribution in [3.8, 4) is 6.07 Å². The van der Waals surface area contributed by atoms with Gasteiger partial charge in [-0.25, -0.2) is 18.1 Å². The highest BCUT2D eigenvalue weighted by Gasteiger charge is 2.20. The van der Waals surface area contributed by atoms with Crippen LogP contribution in [0.25, 0.3) is 0 Å². The topological polar surface area (TPSA) is 102 Å². The lowest BCUT2D eigenvalue weighted by Crippen LogP contribution is -2.48. The van der Waals surface area contributed by atoms with Crippen molar-refractivity contribution in [2.45, 2.75) is 24.2 Å². The van der Waals surface area contributed by atoms with Crippen LogP contribution < -0.4 is 10.1 Å². The zero-order valence-electron chi connectivity index (χ0n) is 12.1. The molecule has 1 aromatic carbocycles. The highest BCUT2D eigenvalue weighted by molar-refractivity contribution is 7.89. The van der Waals surface area contributed by atoms with Crippen LogP contribution in [-0.4, -0.2) is 39.0 Å². The van der Waals surface area contributed by atoms with Crippen molar-refractivity contribution in [2.24, 2.45) is 0 Å². The van der Waals surface area contributed by atoms with E-state index in [-0.39, 0.29) is 17.0 Å². The van der Waals surface area contributed by atoms with Crippen LogP contribution in [0.2, 0.25) is 0 Å². The number of sulfonamides is 1. The molecule has 0 bridgehead atoms. The average molecular weight is 322 g/mol. The van der Waals surface area contributed by atoms with Gasteiger partial charge in [0.25, 0.3) is 0 Å². The summed E-state index contributed by atoms with van der Waals surface area (Å²) in [5, 5.41) is 10.7. The molecule has 8 heteroatoms. The summed E-state index contributed by atoms with van der Waals surface area (Å²) < 4.78 is 26.5. The first kappa shape index (κ1) is 16.4. The van der Waals surface area contributed by atoms with E-state index in [4.69, 9.17) is 5.26 Å². The molecule has 0 saturated carbocycles. The molecule has 1 aliphatic heterocycles. The first-order valence-corrected chi connectivity index (χ1v) is 8.54. The molecule has 2 N–H and O–H groups in total. The van der Waals surface area contributed by atoms with Crippen LogP contribution in [0, 0.1) is 11.3 Å². The lowest BCUT2D eigenvalue weighted by Gasteiger charge is -2.26. The number of piperidine rings is 1. The second-order valence-corrected chi connectivity index (χ2v) is 6.75. The van der Waals surface area contributed by atoms with Gasteiger partial charge in [0.15, 0.2) is 0 Å². The molecule has 0 radical (unpaired) electrons. The summed E-state index contributed by atoms with van der Waals surface area (Å²) in [6.07, 6.45) is 3.17. The quantitative estimate of drug-likeness (QED) is 0.814. The maximum Gasteiger partial charge on any atom is 0.249 e. The van der Waals surface area contributed by atoms with Gasteiger partial charge in [-0.05, 0) is 25.0 Å². The number of carbonyl (C=O) groups is 1. The van der Waals surface area contributed by atoms with Crippen LogP contribution in [0.3, 0.4) is 0 Å². The number of carbonyl (C=O) groups excluding carboxylic acids is 1. The summed E-state index contributed by atoms with van der Waals surface area (Å²) in [4.78, 5) is 11.7. The molecule has 7 nitrogen and oxygen atoms in total. The van der Waals surface area contributed by atoms with E-state index in [0.29, 0.717) is 0 Å². The van der Waals surface area contributed by atoms with Crippen LogP contribution in [0.4, 0.5) is 0 Å². The molecule has 1 aliphatic rings. The number of nitrogens with one attached hydrogen (secondary N) is 2. The van der Waals surface area contributed by atoms with Crippen molar-refractivity contribution in [3.63, 3.8) is 0 Å². The van der Waals surface area contributed by atoms with Gasteiger partial charge in [-0.3, -0.25) is 10.2 Å². The second-order valence-electron chi connectivity index (χ2n) is 5.02. The molecule has 22 heavy (non-hydrogen) atoms. The Kier molecular flexibility index (Phi) is 5.49. The molecule has 118 valence electrons. The van der Waals surface area contributed by atoms with Crippen LogP contribution in [0.5, 0.6) is 0 Å². The van der Waals surface area contributed by atoms with Gasteiger partial charge in [0, 0.05) is 13.1 Å². The lowest BCUT2D eigenvalue weighted by atomic mass is 10.2. The van der Waals surface area contributed by atoms with Crippen molar-refractivity contribution in [1.29, 1.82) is 5.26 Å². The van der Waals surface area contributed by atoms with Gasteiger partial charge in [-0.1, -0.05) is 18.6 Å². The first-order chi connectivity index (χ1) is 10.5. The van der Waals surface area contributed by atoms with Crippen molar-refractivity contribution < 1.29 is 13.2 Å². The Bertz CT molecular complexity index is 676. The fourth-order valence-corrected chi connectivity index (χ4v) is 3.39. The Morgan fingerprint density at radius 3 is 2.59 bits per heavy atom. The monoisotopic (exact) mass is 322 g/mol. The number of hydrogen-bond acceptors (Lipinski definition) is 5. The first-order valence-electron chi connectivity index (χ1n) is 7.06. The Hall–Kier alpha value is -1.95. The summed E-state index contributed by atoms with van der Waals surface area (Å²) >= 11 is 0. The summed E-state index contributed by atoms with van der Waals surface area (Å²) in [7, 11) is -3.89. The minimum Gasteiger partial charge on any atom is -0.288 e. The third-order valence-electron chi connectivity index (χ3n) is 3.36. The largest absolute Gasteiger partial charge is 0.288 e. The molecule has 0 spiro atoms. The molecule has 1 heterocycles. The molecule has 1 aromatic rings. The SMILES string of the molecule is N#Cc1ccccc1S(=O)(=O)NCC(=O)NN1CCCCC1. The van der Waals surface area contributed by atoms with Crippen LogP contribution >= 0.6 is 0 Å². The maximum atomic E-state index is 12.2. The second kappa shape index (κ2) is 7.35. The number of benzene rings is 1. The number of hydrogen-bond donors (Lipinski definition) is 2. The molecule has 0 atom stereocenters. The predicted molar refractivity (Wildman–Crippen MR) is 79.9 cm³/mol. The minimum absolute atomic E-state index is 0.0476. The summed E-state index contributed by atoms with van der Waals surface area (Å²) in [6, 6.07) is 7.70. The summed E-state index contributed by atoms with van der Waals surface area (Å²) in [5.74, 6) is -0.417. The van der Waals surface area contributed by atoms with Crippen molar-refractivity contribution in [3.05, 3.63) is 29.8 Å². The number of rotatable bonds is 5. The van der Waals surface area contributed by atoms with Gasteiger partial charge in [-0.15, -0.1) is 0 Å². The molecule has 0 aliphatic carbocycles. The normalized spacial score (nSPS) is 16.0. The number of nitrogens with zero attached hydrogens (tertiary/aromatic N) is 2. The van der Waals surface area contributed by atoms with E-state index >= 15 is 0 Å². The maximum absolute atomic E-state index is 12.2. The van der Waals surface area contributed by atoms with E-state index < -0.39 is 15.9 Å². The molecule has 1 amide bonds. The van der Waals surface area contributed by atoms with E-state index in [1.165, 1.54) is 18.2 Å². The smallest absolute Gasteiger partial charge is 0.249 e. The summed E-state index contributed by atoms with van der Waals surface area (Å²) in [6.45, 7) is 1.18. The predicted octanol–water partition coefficient (Wildman–Crippen LogP) is 0.354. The van der Waals surface area contributed by atoms with Crippen molar-refractivity contribution >= 4 is 15.9 Å². The van der Waals surface area contributed by atoms with Crippen molar-refractivity contribution in [1.82, 2.24) is 15.2 Å². The molecule has 0 aromatic heterocycles. The van der Waals surface area contributed by atoms with Gasteiger partial charge in [-0.2, -0.15) is 5.26 Å². The molecule has 1 saturated heterocycles. The van der Waals surface area contributed by atoms with Crippen LogP contribution in [0.1, 0.15) is 24.8 Å². The third kappa shape index (κ3) is 4.27. The highest BCUT2D eigenvalue weighted by Crippen LogP contribution is 2.13. The summed E-state index contributed by atoms with van der Waals surface area (Å²) in [5.41, 5.74) is 2.72. The molecular weight excluding hydrogens is 304 g/mol. The van der Waals surface area contributed by atoms with Crippen molar-refractivity contribution in [2.75, 3.05) is 19.6 Å². The van der Waals surface area contributed by atoms with E-state index in [1.54, 1.807) is 11.1 Å². The third-order valence-corrected chi connectivity index (χ3v) is 4.82. The van der Waals surface area contributed by atoms with E-state index in [0.717, 1.165) is 32.4 Å². The molecule has 0 unspecified atom stereocenters. The van der Waals surface area contributed by atoms with Gasteiger partial charge >= 0.3 is 0 Å². The lowest BCUT2D eigenvalue weighted by molar-refractivity contribution is -0.125. The Labute approximate surface area is 129 Å². The molecule has 2 rings (SSSR count).